The van der Waals surface area contributed by atoms with Crippen molar-refractivity contribution in [3.05, 3.63) is 0 Å². The van der Waals surface area contributed by atoms with Gasteiger partial charge in [-0.05, 0) is 35.5 Å². The minimum Gasteiger partial charge on any atom is -0.450 e. The molecule has 1 aliphatic rings. The second kappa shape index (κ2) is 17.1. The molecule has 0 aromatic heterocycles. The second-order valence-electron chi connectivity index (χ2n) is 14.4. The molecule has 1 saturated heterocycles. The Morgan fingerprint density at radius 1 is 0.457 bits per heavy atom. The summed E-state index contributed by atoms with van der Waals surface area (Å²) < 4.78 is 17.5. The van der Waals surface area contributed by atoms with E-state index in [0.29, 0.717) is 6.42 Å². The van der Waals surface area contributed by atoms with Crippen LogP contribution >= 0.6 is 0 Å². The molecule has 0 spiro atoms. The Labute approximate surface area is 275 Å². The molecule has 3 amide bonds. The predicted octanol–water partition coefficient (Wildman–Crippen LogP) is 3.54. The number of esters is 3. The Kier molecular flexibility index (Phi) is 15.2. The molecule has 1 fully saturated rings. The Balaban J connectivity index is 3.97. The lowest BCUT2D eigenvalue weighted by molar-refractivity contribution is -0.181. The number of ether oxygens (including phenoxy) is 3. The van der Waals surface area contributed by atoms with Crippen molar-refractivity contribution in [2.24, 2.45) is 35.5 Å². The van der Waals surface area contributed by atoms with Crippen molar-refractivity contribution in [1.82, 2.24) is 14.7 Å². The van der Waals surface area contributed by atoms with Gasteiger partial charge in [0, 0.05) is 21.1 Å². The number of carbonyl (C=O) groups is 6. The summed E-state index contributed by atoms with van der Waals surface area (Å²) in [6.07, 6.45) is -3.33. The van der Waals surface area contributed by atoms with Gasteiger partial charge in [0.2, 0.25) is 0 Å². The molecule has 12 heteroatoms. The van der Waals surface area contributed by atoms with Crippen LogP contribution < -0.4 is 0 Å². The van der Waals surface area contributed by atoms with Gasteiger partial charge in [-0.1, -0.05) is 89.5 Å². The van der Waals surface area contributed by atoms with Crippen molar-refractivity contribution in [2.45, 2.75) is 126 Å². The Morgan fingerprint density at radius 3 is 0.913 bits per heavy atom. The number of nitrogens with zero attached hydrogens (tertiary/aromatic N) is 3. The van der Waals surface area contributed by atoms with E-state index in [0.717, 1.165) is 0 Å². The molecule has 7 atom stereocenters. The fourth-order valence-electron chi connectivity index (χ4n) is 5.76. The second-order valence-corrected chi connectivity index (χ2v) is 14.4. The topological polar surface area (TPSA) is 140 Å². The largest absolute Gasteiger partial charge is 0.450 e. The summed E-state index contributed by atoms with van der Waals surface area (Å²) in [7, 11) is 4.33. The van der Waals surface area contributed by atoms with Crippen LogP contribution in [0, 0.1) is 35.5 Å². The third-order valence-corrected chi connectivity index (χ3v) is 8.74. The summed E-state index contributed by atoms with van der Waals surface area (Å²) in [5.41, 5.74) is 0. The minimum atomic E-state index is -1.28. The van der Waals surface area contributed by atoms with E-state index in [9.17, 15) is 28.8 Å². The van der Waals surface area contributed by atoms with Crippen LogP contribution in [-0.2, 0) is 43.0 Å². The van der Waals surface area contributed by atoms with Gasteiger partial charge in [0.15, 0.2) is 18.3 Å². The van der Waals surface area contributed by atoms with Gasteiger partial charge in [-0.3, -0.25) is 14.4 Å². The summed E-state index contributed by atoms with van der Waals surface area (Å²) in [6, 6.07) is -3.32. The van der Waals surface area contributed by atoms with Gasteiger partial charge < -0.3 is 28.9 Å². The SMILES string of the molecule is CCC(C)C1C(=O)OC(C(C)C)C(=O)N(C)C(C(C)C)C(=O)OC(C(C)C)C(=O)N(C)C(C(C)C)C(=O)OC(C(C)C)C(=O)N1C. The smallest absolute Gasteiger partial charge is 0.329 e. The molecule has 7 unspecified atom stereocenters. The fraction of sp³-hybridized carbons (Fsp3) is 0.824. The lowest BCUT2D eigenvalue weighted by Crippen LogP contribution is -2.58. The van der Waals surface area contributed by atoms with E-state index >= 15 is 0 Å². The van der Waals surface area contributed by atoms with Crippen LogP contribution in [0.1, 0.15) is 89.5 Å². The molecule has 1 aliphatic heterocycles. The number of carbonyl (C=O) groups excluding carboxylic acids is 6. The quantitative estimate of drug-likeness (QED) is 0.298. The summed E-state index contributed by atoms with van der Waals surface area (Å²) in [4.78, 5) is 86.8. The highest BCUT2D eigenvalue weighted by Crippen LogP contribution is 2.25. The summed E-state index contributed by atoms with van der Waals surface area (Å²) >= 11 is 0. The molecule has 1 heterocycles. The van der Waals surface area contributed by atoms with Crippen LogP contribution in [0.3, 0.4) is 0 Å². The molecular weight excluding hydrogens is 594 g/mol. The van der Waals surface area contributed by atoms with E-state index in [1.165, 1.54) is 35.8 Å². The average Bonchev–Trinajstić information content (AvgIpc) is 2.94. The average molecular weight is 654 g/mol. The van der Waals surface area contributed by atoms with Crippen molar-refractivity contribution in [1.29, 1.82) is 0 Å². The van der Waals surface area contributed by atoms with Gasteiger partial charge in [-0.25, -0.2) is 14.4 Å². The van der Waals surface area contributed by atoms with Crippen LogP contribution in [0.15, 0.2) is 0 Å². The number of hydrogen-bond acceptors (Lipinski definition) is 9. The van der Waals surface area contributed by atoms with E-state index in [-0.39, 0.29) is 5.92 Å². The van der Waals surface area contributed by atoms with Crippen molar-refractivity contribution in [3.63, 3.8) is 0 Å². The highest BCUT2D eigenvalue weighted by molar-refractivity contribution is 5.94. The monoisotopic (exact) mass is 653 g/mol. The third-order valence-electron chi connectivity index (χ3n) is 8.74. The summed E-state index contributed by atoms with van der Waals surface area (Å²) in [6.45, 7) is 20.9. The Hall–Kier alpha value is -3.18. The highest BCUT2D eigenvalue weighted by atomic mass is 16.6. The van der Waals surface area contributed by atoms with Gasteiger partial charge in [-0.15, -0.1) is 0 Å². The molecule has 0 saturated carbocycles. The van der Waals surface area contributed by atoms with E-state index in [4.69, 9.17) is 14.2 Å². The number of likely N-dealkylation sites (N-methyl/N-ethyl adjacent to an activating group) is 3. The normalized spacial score (nSPS) is 27.8. The first-order valence-electron chi connectivity index (χ1n) is 16.5. The lowest BCUT2D eigenvalue weighted by atomic mass is 9.95. The molecule has 0 aromatic carbocycles. The molecular formula is C34H59N3O9. The molecule has 0 aliphatic carbocycles. The first kappa shape index (κ1) is 40.8. The van der Waals surface area contributed by atoms with Crippen LogP contribution in [0.2, 0.25) is 0 Å². The molecule has 0 radical (unpaired) electrons. The minimum absolute atomic E-state index is 0.380. The van der Waals surface area contributed by atoms with Crippen molar-refractivity contribution in [3.8, 4) is 0 Å². The van der Waals surface area contributed by atoms with E-state index < -0.39 is 102 Å². The van der Waals surface area contributed by atoms with Crippen molar-refractivity contribution in [2.75, 3.05) is 21.1 Å². The van der Waals surface area contributed by atoms with E-state index in [1.54, 1.807) is 76.2 Å². The number of hydrogen-bond donors (Lipinski definition) is 0. The Bertz CT molecular complexity index is 1090. The van der Waals surface area contributed by atoms with Crippen LogP contribution in [0.5, 0.6) is 0 Å². The molecule has 1 rings (SSSR count). The molecule has 46 heavy (non-hydrogen) atoms. The zero-order chi connectivity index (χ0) is 36.0. The van der Waals surface area contributed by atoms with Crippen molar-refractivity contribution >= 4 is 35.6 Å². The maximum Gasteiger partial charge on any atom is 0.329 e. The third kappa shape index (κ3) is 9.44. The van der Waals surface area contributed by atoms with Gasteiger partial charge >= 0.3 is 17.9 Å². The number of amides is 3. The number of rotatable bonds is 7. The van der Waals surface area contributed by atoms with Gasteiger partial charge in [0.25, 0.3) is 17.7 Å². The predicted molar refractivity (Wildman–Crippen MR) is 173 cm³/mol. The lowest BCUT2D eigenvalue weighted by Gasteiger charge is -2.38. The number of cyclic esters (lactones) is 3. The molecule has 12 nitrogen and oxygen atoms in total. The van der Waals surface area contributed by atoms with Crippen LogP contribution in [0.25, 0.3) is 0 Å². The van der Waals surface area contributed by atoms with E-state index in [1.807, 2.05) is 6.92 Å². The van der Waals surface area contributed by atoms with Gasteiger partial charge in [0.1, 0.15) is 18.1 Å². The van der Waals surface area contributed by atoms with E-state index in [2.05, 4.69) is 0 Å². The summed E-state index contributed by atoms with van der Waals surface area (Å²) in [5.74, 6) is -6.92. The zero-order valence-corrected chi connectivity index (χ0v) is 30.7. The Morgan fingerprint density at radius 2 is 0.696 bits per heavy atom. The van der Waals surface area contributed by atoms with Crippen LogP contribution in [-0.4, -0.2) is 108 Å². The molecule has 264 valence electrons. The molecule has 0 aromatic rings. The maximum atomic E-state index is 14.0. The fourth-order valence-corrected chi connectivity index (χ4v) is 5.76. The zero-order valence-electron chi connectivity index (χ0n) is 30.7. The first-order valence-corrected chi connectivity index (χ1v) is 16.5. The maximum absolute atomic E-state index is 14.0. The standard InChI is InChI=1S/C34H59N3O9/c1-16-22(12)25-34(43)46-27(20(8)9)30(39)36(14)23(17(2)3)32(41)44-26(19(6)7)29(38)35(13)24(18(4)5)33(42)45-28(21(10)11)31(40)37(25)15/h17-28H,16H2,1-15H3. The highest BCUT2D eigenvalue weighted by Gasteiger charge is 2.45. The van der Waals surface area contributed by atoms with Gasteiger partial charge in [0.05, 0.1) is 0 Å². The summed E-state index contributed by atoms with van der Waals surface area (Å²) in [5, 5.41) is 0. The molecule has 0 bridgehead atoms. The first-order chi connectivity index (χ1) is 21.1. The molecule has 0 N–H and O–H groups in total. The van der Waals surface area contributed by atoms with Crippen LogP contribution in [0.4, 0.5) is 0 Å². The van der Waals surface area contributed by atoms with Crippen molar-refractivity contribution < 1.29 is 43.0 Å². The van der Waals surface area contributed by atoms with Gasteiger partial charge in [-0.2, -0.15) is 0 Å².